The highest BCUT2D eigenvalue weighted by Crippen LogP contribution is 1.91. The average molecular weight is 156 g/mol. The van der Waals surface area contributed by atoms with Crippen molar-refractivity contribution in [2.24, 2.45) is 0 Å². The highest BCUT2D eigenvalue weighted by Gasteiger charge is 1.96. The Hall–Kier alpha value is -1.59. The van der Waals surface area contributed by atoms with E-state index in [9.17, 15) is 4.79 Å². The van der Waals surface area contributed by atoms with E-state index in [1.165, 1.54) is 6.33 Å². The topological polar surface area (TPSA) is 90.9 Å². The summed E-state index contributed by atoms with van der Waals surface area (Å²) < 4.78 is 0. The van der Waals surface area contributed by atoms with Crippen molar-refractivity contribution in [1.82, 2.24) is 15.2 Å². The number of anilines is 1. The molecule has 3 N–H and O–H groups in total. The molecule has 0 fully saturated rings. The fourth-order valence-corrected chi connectivity index (χ4v) is 0.578. The number of carboxylic acid groups (broad SMARTS) is 1. The maximum atomic E-state index is 10.0. The summed E-state index contributed by atoms with van der Waals surface area (Å²) >= 11 is 0. The lowest BCUT2D eigenvalue weighted by atomic mass is 10.4. The third kappa shape index (κ3) is 2.65. The molecule has 0 aliphatic heterocycles. The van der Waals surface area contributed by atoms with Crippen LogP contribution in [0.4, 0.5) is 5.95 Å². The molecule has 0 spiro atoms. The SMILES string of the molecule is O=C(O)CCNc1ncn[nH]1. The first-order chi connectivity index (χ1) is 5.29. The van der Waals surface area contributed by atoms with Gasteiger partial charge in [-0.25, -0.2) is 10.1 Å². The van der Waals surface area contributed by atoms with Crippen LogP contribution in [0.2, 0.25) is 0 Å². The van der Waals surface area contributed by atoms with Crippen LogP contribution in [-0.2, 0) is 4.79 Å². The summed E-state index contributed by atoms with van der Waals surface area (Å²) in [4.78, 5) is 13.8. The van der Waals surface area contributed by atoms with Crippen molar-refractivity contribution >= 4 is 11.9 Å². The summed E-state index contributed by atoms with van der Waals surface area (Å²) in [5.41, 5.74) is 0. The van der Waals surface area contributed by atoms with E-state index in [1.54, 1.807) is 0 Å². The molecule has 0 aliphatic rings. The van der Waals surface area contributed by atoms with Gasteiger partial charge < -0.3 is 10.4 Å². The van der Waals surface area contributed by atoms with E-state index in [1.807, 2.05) is 0 Å². The number of nitrogens with one attached hydrogen (secondary N) is 2. The first kappa shape index (κ1) is 7.52. The van der Waals surface area contributed by atoms with E-state index < -0.39 is 5.97 Å². The summed E-state index contributed by atoms with van der Waals surface area (Å²) in [6, 6.07) is 0. The Labute approximate surface area is 62.6 Å². The van der Waals surface area contributed by atoms with Gasteiger partial charge >= 0.3 is 5.97 Å². The van der Waals surface area contributed by atoms with Crippen LogP contribution in [0.5, 0.6) is 0 Å². The maximum absolute atomic E-state index is 10.0. The molecule has 1 heterocycles. The molecule has 0 amide bonds. The first-order valence-corrected chi connectivity index (χ1v) is 3.10. The minimum Gasteiger partial charge on any atom is -0.481 e. The van der Waals surface area contributed by atoms with E-state index in [4.69, 9.17) is 5.11 Å². The Morgan fingerprint density at radius 1 is 1.82 bits per heavy atom. The van der Waals surface area contributed by atoms with Crippen LogP contribution >= 0.6 is 0 Å². The number of nitrogens with zero attached hydrogens (tertiary/aromatic N) is 2. The highest BCUT2D eigenvalue weighted by molar-refractivity contribution is 5.67. The van der Waals surface area contributed by atoms with E-state index in [0.29, 0.717) is 12.5 Å². The largest absolute Gasteiger partial charge is 0.481 e. The standard InChI is InChI=1S/C5H8N4O2/c10-4(11)1-2-6-5-7-3-8-9-5/h3H,1-2H2,(H,10,11)(H2,6,7,8,9). The second kappa shape index (κ2) is 3.55. The number of aromatic amines is 1. The predicted octanol–water partition coefficient (Wildman–Crippen LogP) is -0.309. The van der Waals surface area contributed by atoms with Gasteiger partial charge in [0.05, 0.1) is 6.42 Å². The molecule has 0 aliphatic carbocycles. The molecular weight excluding hydrogens is 148 g/mol. The van der Waals surface area contributed by atoms with E-state index in [-0.39, 0.29) is 6.42 Å². The summed E-state index contributed by atoms with van der Waals surface area (Å²) in [6.45, 7) is 0.352. The maximum Gasteiger partial charge on any atom is 0.305 e. The van der Waals surface area contributed by atoms with E-state index >= 15 is 0 Å². The van der Waals surface area contributed by atoms with Gasteiger partial charge in [-0.1, -0.05) is 0 Å². The molecule has 1 aromatic rings. The predicted molar refractivity (Wildman–Crippen MR) is 37.1 cm³/mol. The Balaban J connectivity index is 2.19. The van der Waals surface area contributed by atoms with Crippen LogP contribution < -0.4 is 5.32 Å². The van der Waals surface area contributed by atoms with E-state index in [0.717, 1.165) is 0 Å². The smallest absolute Gasteiger partial charge is 0.305 e. The summed E-state index contributed by atoms with van der Waals surface area (Å²) in [5.74, 6) is -0.344. The van der Waals surface area contributed by atoms with Gasteiger partial charge in [0.1, 0.15) is 6.33 Å². The van der Waals surface area contributed by atoms with Crippen LogP contribution in [0, 0.1) is 0 Å². The van der Waals surface area contributed by atoms with Crippen molar-refractivity contribution in [3.63, 3.8) is 0 Å². The Morgan fingerprint density at radius 3 is 3.18 bits per heavy atom. The lowest BCUT2D eigenvalue weighted by Crippen LogP contribution is -2.08. The molecule has 0 unspecified atom stereocenters. The Kier molecular flexibility index (Phi) is 2.42. The van der Waals surface area contributed by atoms with Crippen LogP contribution in [0.3, 0.4) is 0 Å². The summed E-state index contributed by atoms with van der Waals surface area (Å²) in [6.07, 6.45) is 1.42. The molecule has 0 bridgehead atoms. The van der Waals surface area contributed by atoms with Crippen molar-refractivity contribution < 1.29 is 9.90 Å². The van der Waals surface area contributed by atoms with Gasteiger partial charge in [0.25, 0.3) is 0 Å². The number of H-pyrrole nitrogens is 1. The van der Waals surface area contributed by atoms with Gasteiger partial charge in [-0.05, 0) is 0 Å². The number of carbonyl (C=O) groups is 1. The van der Waals surface area contributed by atoms with Crippen molar-refractivity contribution in [3.8, 4) is 0 Å². The zero-order chi connectivity index (χ0) is 8.10. The normalized spacial score (nSPS) is 9.45. The third-order valence-corrected chi connectivity index (χ3v) is 1.05. The molecule has 6 nitrogen and oxygen atoms in total. The number of aromatic nitrogens is 3. The summed E-state index contributed by atoms with van der Waals surface area (Å²) in [5, 5.41) is 17.1. The molecule has 0 atom stereocenters. The Morgan fingerprint density at radius 2 is 2.64 bits per heavy atom. The van der Waals surface area contributed by atoms with Gasteiger partial charge in [-0.15, -0.1) is 0 Å². The summed E-state index contributed by atoms with van der Waals surface area (Å²) in [7, 11) is 0. The third-order valence-electron chi connectivity index (χ3n) is 1.05. The molecular formula is C5H8N4O2. The fourth-order valence-electron chi connectivity index (χ4n) is 0.578. The fraction of sp³-hybridized carbons (Fsp3) is 0.400. The second-order valence-corrected chi connectivity index (χ2v) is 1.90. The second-order valence-electron chi connectivity index (χ2n) is 1.90. The quantitative estimate of drug-likeness (QED) is 0.556. The number of aliphatic carboxylic acids is 1. The molecule has 6 heteroatoms. The monoisotopic (exact) mass is 156 g/mol. The van der Waals surface area contributed by atoms with Crippen LogP contribution in [0.25, 0.3) is 0 Å². The van der Waals surface area contributed by atoms with Crippen molar-refractivity contribution in [2.45, 2.75) is 6.42 Å². The van der Waals surface area contributed by atoms with Crippen LogP contribution in [0.1, 0.15) is 6.42 Å². The first-order valence-electron chi connectivity index (χ1n) is 3.10. The molecule has 0 saturated heterocycles. The number of carboxylic acids is 1. The van der Waals surface area contributed by atoms with Crippen molar-refractivity contribution in [1.29, 1.82) is 0 Å². The number of hydrogen-bond donors (Lipinski definition) is 3. The van der Waals surface area contributed by atoms with Gasteiger partial charge in [0.2, 0.25) is 5.95 Å². The highest BCUT2D eigenvalue weighted by atomic mass is 16.4. The molecule has 0 radical (unpaired) electrons. The molecule has 60 valence electrons. The molecule has 1 rings (SSSR count). The van der Waals surface area contributed by atoms with Crippen molar-refractivity contribution in [2.75, 3.05) is 11.9 Å². The zero-order valence-electron chi connectivity index (χ0n) is 5.74. The lowest BCUT2D eigenvalue weighted by Gasteiger charge is -1.96. The minimum atomic E-state index is -0.836. The lowest BCUT2D eigenvalue weighted by molar-refractivity contribution is -0.136. The number of hydrogen-bond acceptors (Lipinski definition) is 4. The zero-order valence-corrected chi connectivity index (χ0v) is 5.74. The van der Waals surface area contributed by atoms with Gasteiger partial charge in [0.15, 0.2) is 0 Å². The van der Waals surface area contributed by atoms with Crippen LogP contribution in [0.15, 0.2) is 6.33 Å². The van der Waals surface area contributed by atoms with Gasteiger partial charge in [0, 0.05) is 6.54 Å². The number of rotatable bonds is 4. The molecule has 1 aromatic heterocycles. The average Bonchev–Trinajstić information content (AvgIpc) is 2.39. The van der Waals surface area contributed by atoms with Crippen LogP contribution in [-0.4, -0.2) is 32.8 Å². The molecule has 0 aromatic carbocycles. The minimum absolute atomic E-state index is 0.0701. The van der Waals surface area contributed by atoms with Crippen molar-refractivity contribution in [3.05, 3.63) is 6.33 Å². The molecule has 11 heavy (non-hydrogen) atoms. The van der Waals surface area contributed by atoms with Gasteiger partial charge in [-0.3, -0.25) is 4.79 Å². The Bertz CT molecular complexity index is 220. The van der Waals surface area contributed by atoms with Gasteiger partial charge in [-0.2, -0.15) is 5.10 Å². The molecule has 0 saturated carbocycles. The van der Waals surface area contributed by atoms with E-state index in [2.05, 4.69) is 20.5 Å².